The zero-order valence-electron chi connectivity index (χ0n) is 17.3. The highest BCUT2D eigenvalue weighted by molar-refractivity contribution is 5.76. The minimum Gasteiger partial charge on any atom is -0.356 e. The first-order valence-corrected chi connectivity index (χ1v) is 10.4. The number of carbonyl (C=O) groups excluding carboxylic acids is 1. The van der Waals surface area contributed by atoms with E-state index >= 15 is 0 Å². The van der Waals surface area contributed by atoms with E-state index in [4.69, 9.17) is 4.52 Å². The van der Waals surface area contributed by atoms with Crippen molar-refractivity contribution >= 4 is 5.91 Å². The number of amides is 1. The third kappa shape index (κ3) is 5.89. The van der Waals surface area contributed by atoms with Crippen molar-refractivity contribution in [2.75, 3.05) is 26.2 Å². The smallest absolute Gasteiger partial charge is 0.227 e. The molecule has 1 aromatic heterocycles. The number of likely N-dealkylation sites (tertiary alicyclic amines) is 1. The molecule has 0 radical (unpaired) electrons. The molecule has 0 aliphatic carbocycles. The molecule has 28 heavy (non-hydrogen) atoms. The zero-order valence-corrected chi connectivity index (χ0v) is 17.3. The van der Waals surface area contributed by atoms with E-state index in [9.17, 15) is 4.79 Å². The molecule has 3 rings (SSSR count). The summed E-state index contributed by atoms with van der Waals surface area (Å²) >= 11 is 0. The van der Waals surface area contributed by atoms with E-state index in [2.05, 4.69) is 53.3 Å². The van der Waals surface area contributed by atoms with Gasteiger partial charge in [-0.3, -0.25) is 4.79 Å². The Morgan fingerprint density at radius 1 is 1.18 bits per heavy atom. The maximum Gasteiger partial charge on any atom is 0.227 e. The molecule has 1 aromatic carbocycles. The van der Waals surface area contributed by atoms with Crippen molar-refractivity contribution in [3.63, 3.8) is 0 Å². The lowest BCUT2D eigenvalue weighted by Crippen LogP contribution is -2.34. The Hall–Kier alpha value is -2.21. The maximum atomic E-state index is 12.1. The van der Waals surface area contributed by atoms with Gasteiger partial charge in [-0.15, -0.1) is 0 Å². The molecule has 1 aliphatic heterocycles. The van der Waals surface area contributed by atoms with E-state index in [0.717, 1.165) is 12.1 Å². The Morgan fingerprint density at radius 3 is 2.57 bits per heavy atom. The predicted octanol–water partition coefficient (Wildman–Crippen LogP) is 3.64. The number of aryl methyl sites for hydroxylation is 1. The Bertz CT molecular complexity index is 748. The fourth-order valence-electron chi connectivity index (χ4n) is 3.56. The molecule has 1 amide bonds. The van der Waals surface area contributed by atoms with Gasteiger partial charge >= 0.3 is 0 Å². The second kappa shape index (κ2) is 9.82. The number of rotatable bonds is 9. The molecule has 6 nitrogen and oxygen atoms in total. The van der Waals surface area contributed by atoms with Crippen molar-refractivity contribution < 1.29 is 9.32 Å². The molecule has 0 spiro atoms. The average molecular weight is 385 g/mol. The maximum absolute atomic E-state index is 12.1. The lowest BCUT2D eigenvalue weighted by Gasteiger charge is -2.20. The van der Waals surface area contributed by atoms with Crippen molar-refractivity contribution in [1.29, 1.82) is 0 Å². The van der Waals surface area contributed by atoms with Gasteiger partial charge in [-0.05, 0) is 43.3 Å². The first kappa shape index (κ1) is 20.5. The molecule has 6 heteroatoms. The highest BCUT2D eigenvalue weighted by Crippen LogP contribution is 2.20. The second-order valence-electron chi connectivity index (χ2n) is 8.21. The van der Waals surface area contributed by atoms with E-state index in [1.807, 2.05) is 12.1 Å². The quantitative estimate of drug-likeness (QED) is 0.715. The van der Waals surface area contributed by atoms with Crippen LogP contribution in [-0.4, -0.2) is 47.1 Å². The molecule has 152 valence electrons. The minimum atomic E-state index is 0.0364. The Labute approximate surface area is 167 Å². The van der Waals surface area contributed by atoms with Gasteiger partial charge in [-0.1, -0.05) is 50.2 Å². The molecule has 1 unspecified atom stereocenters. The number of carbonyl (C=O) groups is 1. The van der Waals surface area contributed by atoms with Gasteiger partial charge in [0.1, 0.15) is 0 Å². The van der Waals surface area contributed by atoms with E-state index in [1.54, 1.807) is 0 Å². The highest BCUT2D eigenvalue weighted by Gasteiger charge is 2.16. The molecule has 2 aromatic rings. The second-order valence-corrected chi connectivity index (χ2v) is 8.21. The SMILES string of the molecule is CC(CNC(=O)CCc1nc(-c2ccc(C(C)C)cc2)no1)CN1CCCC1. The summed E-state index contributed by atoms with van der Waals surface area (Å²) in [5.74, 6) is 2.07. The summed E-state index contributed by atoms with van der Waals surface area (Å²) in [7, 11) is 0. The lowest BCUT2D eigenvalue weighted by atomic mass is 10.0. The molecule has 1 N–H and O–H groups in total. The third-order valence-corrected chi connectivity index (χ3v) is 5.29. The predicted molar refractivity (Wildman–Crippen MR) is 110 cm³/mol. The molecular formula is C22H32N4O2. The molecule has 2 heterocycles. The van der Waals surface area contributed by atoms with E-state index in [-0.39, 0.29) is 5.91 Å². The van der Waals surface area contributed by atoms with Crippen LogP contribution in [0.25, 0.3) is 11.4 Å². The fraction of sp³-hybridized carbons (Fsp3) is 0.591. The van der Waals surface area contributed by atoms with Gasteiger partial charge in [-0.2, -0.15) is 4.98 Å². The number of hydrogen-bond acceptors (Lipinski definition) is 5. The Kier molecular flexibility index (Phi) is 7.20. The average Bonchev–Trinajstić information content (AvgIpc) is 3.37. The Morgan fingerprint density at radius 2 is 1.89 bits per heavy atom. The standard InChI is InChI=1S/C22H32N4O2/c1-16(2)18-6-8-19(9-7-18)22-24-21(28-25-22)11-10-20(27)23-14-17(3)15-26-12-4-5-13-26/h6-9,16-17H,4-5,10-15H2,1-3H3,(H,23,27). The number of hydrogen-bond donors (Lipinski definition) is 1. The third-order valence-electron chi connectivity index (χ3n) is 5.29. The summed E-state index contributed by atoms with van der Waals surface area (Å²) in [6.45, 7) is 10.7. The summed E-state index contributed by atoms with van der Waals surface area (Å²) in [4.78, 5) is 19.0. The minimum absolute atomic E-state index is 0.0364. The molecule has 1 fully saturated rings. The summed E-state index contributed by atoms with van der Waals surface area (Å²) < 4.78 is 5.31. The van der Waals surface area contributed by atoms with Crippen LogP contribution in [-0.2, 0) is 11.2 Å². The van der Waals surface area contributed by atoms with Crippen LogP contribution in [0, 0.1) is 5.92 Å². The van der Waals surface area contributed by atoms with Crippen LogP contribution in [0.3, 0.4) is 0 Å². The molecule has 0 bridgehead atoms. The molecule has 1 saturated heterocycles. The Balaban J connectivity index is 1.41. The van der Waals surface area contributed by atoms with Crippen molar-refractivity contribution in [3.8, 4) is 11.4 Å². The van der Waals surface area contributed by atoms with Gasteiger partial charge < -0.3 is 14.7 Å². The van der Waals surface area contributed by atoms with Crippen LogP contribution >= 0.6 is 0 Å². The van der Waals surface area contributed by atoms with Gasteiger partial charge in [0, 0.05) is 31.5 Å². The summed E-state index contributed by atoms with van der Waals surface area (Å²) in [6, 6.07) is 8.20. The van der Waals surface area contributed by atoms with Crippen LogP contribution in [0.1, 0.15) is 57.4 Å². The number of benzene rings is 1. The monoisotopic (exact) mass is 384 g/mol. The number of aromatic nitrogens is 2. The van der Waals surface area contributed by atoms with Crippen LogP contribution in [0.2, 0.25) is 0 Å². The molecule has 1 atom stereocenters. The van der Waals surface area contributed by atoms with E-state index < -0.39 is 0 Å². The van der Waals surface area contributed by atoms with E-state index in [1.165, 1.54) is 31.5 Å². The largest absolute Gasteiger partial charge is 0.356 e. The van der Waals surface area contributed by atoms with Gasteiger partial charge in [0.2, 0.25) is 17.6 Å². The van der Waals surface area contributed by atoms with Gasteiger partial charge in [0.05, 0.1) is 0 Å². The van der Waals surface area contributed by atoms with Gasteiger partial charge in [0.25, 0.3) is 0 Å². The molecule has 1 aliphatic rings. The van der Waals surface area contributed by atoms with Crippen molar-refractivity contribution in [1.82, 2.24) is 20.4 Å². The summed E-state index contributed by atoms with van der Waals surface area (Å²) in [6.07, 6.45) is 3.42. The van der Waals surface area contributed by atoms with Gasteiger partial charge in [0.15, 0.2) is 0 Å². The summed E-state index contributed by atoms with van der Waals surface area (Å²) in [5, 5.41) is 7.07. The van der Waals surface area contributed by atoms with Crippen LogP contribution in [0.4, 0.5) is 0 Å². The highest BCUT2D eigenvalue weighted by atomic mass is 16.5. The van der Waals surface area contributed by atoms with Crippen LogP contribution < -0.4 is 5.32 Å². The number of nitrogens with one attached hydrogen (secondary N) is 1. The van der Waals surface area contributed by atoms with E-state index in [0.29, 0.717) is 42.9 Å². The first-order valence-electron chi connectivity index (χ1n) is 10.4. The van der Waals surface area contributed by atoms with Crippen LogP contribution in [0.15, 0.2) is 28.8 Å². The zero-order chi connectivity index (χ0) is 19.9. The normalized spacial score (nSPS) is 15.9. The summed E-state index contributed by atoms with van der Waals surface area (Å²) in [5.41, 5.74) is 2.21. The van der Waals surface area contributed by atoms with Crippen molar-refractivity contribution in [2.45, 2.75) is 52.4 Å². The topological polar surface area (TPSA) is 71.3 Å². The van der Waals surface area contributed by atoms with Crippen LogP contribution in [0.5, 0.6) is 0 Å². The van der Waals surface area contributed by atoms with Gasteiger partial charge in [-0.25, -0.2) is 0 Å². The van der Waals surface area contributed by atoms with Crippen molar-refractivity contribution in [2.24, 2.45) is 5.92 Å². The molecular weight excluding hydrogens is 352 g/mol. The number of nitrogens with zero attached hydrogens (tertiary/aromatic N) is 3. The first-order chi connectivity index (χ1) is 13.5. The lowest BCUT2D eigenvalue weighted by molar-refractivity contribution is -0.121. The van der Waals surface area contributed by atoms with Crippen molar-refractivity contribution in [3.05, 3.63) is 35.7 Å². The fourth-order valence-corrected chi connectivity index (χ4v) is 3.56. The molecule has 0 saturated carbocycles.